The molecule has 0 aliphatic heterocycles. The second-order valence-corrected chi connectivity index (χ2v) is 4.22. The van der Waals surface area contributed by atoms with Crippen LogP contribution in [0.25, 0.3) is 0 Å². The quantitative estimate of drug-likeness (QED) is 0.904. The summed E-state index contributed by atoms with van der Waals surface area (Å²) < 4.78 is 37.8. The molecule has 0 spiro atoms. The van der Waals surface area contributed by atoms with Crippen LogP contribution in [0.5, 0.6) is 0 Å². The Balaban J connectivity index is 2.20. The molecule has 1 aromatic carbocycles. The van der Waals surface area contributed by atoms with Gasteiger partial charge in [-0.25, -0.2) is 4.98 Å². The maximum atomic E-state index is 12.6. The lowest BCUT2D eigenvalue weighted by Crippen LogP contribution is -2.16. The molecule has 0 amide bonds. The third-order valence-corrected chi connectivity index (χ3v) is 2.79. The Labute approximate surface area is 114 Å². The van der Waals surface area contributed by atoms with Crippen LogP contribution in [0.4, 0.5) is 19.0 Å². The molecule has 2 rings (SSSR count). The number of alkyl halides is 3. The number of hydrogen-bond donors (Lipinski definition) is 2. The van der Waals surface area contributed by atoms with Gasteiger partial charge in [0, 0.05) is 6.20 Å². The van der Waals surface area contributed by atoms with Crippen LogP contribution in [0.3, 0.4) is 0 Å². The number of nitrogens with zero attached hydrogens (tertiary/aromatic N) is 1. The average molecular weight is 282 g/mol. The highest BCUT2D eigenvalue weighted by atomic mass is 19.4. The summed E-state index contributed by atoms with van der Waals surface area (Å²) >= 11 is 0. The zero-order valence-corrected chi connectivity index (χ0v) is 10.4. The SMILES string of the molecule is OC[C@@H](Nc1cc(C(F)(F)F)ccn1)c1ccccc1. The van der Waals surface area contributed by atoms with Gasteiger partial charge in [0.1, 0.15) is 5.82 Å². The molecule has 0 aliphatic carbocycles. The summed E-state index contributed by atoms with van der Waals surface area (Å²) in [6.45, 7) is -0.248. The Morgan fingerprint density at radius 1 is 1.15 bits per heavy atom. The number of aliphatic hydroxyl groups excluding tert-OH is 1. The lowest BCUT2D eigenvalue weighted by Gasteiger charge is -2.18. The number of aromatic nitrogens is 1. The molecule has 0 bridgehead atoms. The van der Waals surface area contributed by atoms with Crippen molar-refractivity contribution in [3.8, 4) is 0 Å². The summed E-state index contributed by atoms with van der Waals surface area (Å²) in [6.07, 6.45) is -3.33. The van der Waals surface area contributed by atoms with E-state index in [2.05, 4.69) is 10.3 Å². The minimum Gasteiger partial charge on any atom is -0.394 e. The average Bonchev–Trinajstić information content (AvgIpc) is 2.45. The van der Waals surface area contributed by atoms with Crippen LogP contribution in [0.1, 0.15) is 17.2 Å². The summed E-state index contributed by atoms with van der Waals surface area (Å²) in [5.74, 6) is 0.0720. The van der Waals surface area contributed by atoms with E-state index in [4.69, 9.17) is 0 Å². The third kappa shape index (κ3) is 3.48. The van der Waals surface area contributed by atoms with E-state index in [1.165, 1.54) is 0 Å². The number of benzene rings is 1. The van der Waals surface area contributed by atoms with Crippen molar-refractivity contribution in [2.24, 2.45) is 0 Å². The van der Waals surface area contributed by atoms with Gasteiger partial charge in [-0.15, -0.1) is 0 Å². The maximum Gasteiger partial charge on any atom is 0.416 e. The molecule has 0 saturated carbocycles. The van der Waals surface area contributed by atoms with Crippen LogP contribution < -0.4 is 5.32 Å². The molecule has 1 atom stereocenters. The van der Waals surface area contributed by atoms with E-state index in [-0.39, 0.29) is 12.4 Å². The Morgan fingerprint density at radius 3 is 2.45 bits per heavy atom. The van der Waals surface area contributed by atoms with E-state index >= 15 is 0 Å². The van der Waals surface area contributed by atoms with Crippen LogP contribution >= 0.6 is 0 Å². The van der Waals surface area contributed by atoms with Crippen LogP contribution in [-0.2, 0) is 6.18 Å². The molecule has 0 unspecified atom stereocenters. The van der Waals surface area contributed by atoms with Crippen LogP contribution in [0.2, 0.25) is 0 Å². The zero-order valence-electron chi connectivity index (χ0n) is 10.4. The normalized spacial score (nSPS) is 13.0. The molecule has 2 N–H and O–H groups in total. The Bertz CT molecular complexity index is 558. The predicted octanol–water partition coefficient (Wildman–Crippen LogP) is 3.25. The summed E-state index contributed by atoms with van der Waals surface area (Å²) in [5.41, 5.74) is -0.00559. The van der Waals surface area contributed by atoms with Gasteiger partial charge in [-0.05, 0) is 17.7 Å². The number of hydrogen-bond acceptors (Lipinski definition) is 3. The standard InChI is InChI=1S/C14H13F3N2O/c15-14(16,17)11-6-7-18-13(8-11)19-12(9-20)10-4-2-1-3-5-10/h1-8,12,20H,9H2,(H,18,19)/t12-/m1/s1. The third-order valence-electron chi connectivity index (χ3n) is 2.79. The van der Waals surface area contributed by atoms with Gasteiger partial charge in [-0.3, -0.25) is 0 Å². The molecule has 0 radical (unpaired) electrons. The molecular weight excluding hydrogens is 269 g/mol. The molecular formula is C14H13F3N2O. The Hall–Kier alpha value is -2.08. The highest BCUT2D eigenvalue weighted by Crippen LogP contribution is 2.30. The molecule has 1 heterocycles. The number of rotatable bonds is 4. The molecule has 2 aromatic rings. The van der Waals surface area contributed by atoms with Crippen molar-refractivity contribution in [3.63, 3.8) is 0 Å². The first-order valence-corrected chi connectivity index (χ1v) is 5.96. The van der Waals surface area contributed by atoms with Gasteiger partial charge in [-0.1, -0.05) is 30.3 Å². The fourth-order valence-corrected chi connectivity index (χ4v) is 1.78. The van der Waals surface area contributed by atoms with Gasteiger partial charge < -0.3 is 10.4 Å². The number of nitrogens with one attached hydrogen (secondary N) is 1. The first kappa shape index (κ1) is 14.3. The first-order valence-electron chi connectivity index (χ1n) is 5.96. The Kier molecular flexibility index (Phi) is 4.24. The van der Waals surface area contributed by atoms with Gasteiger partial charge in [0.2, 0.25) is 0 Å². The van der Waals surface area contributed by atoms with Crippen LogP contribution in [-0.4, -0.2) is 16.7 Å². The number of pyridine rings is 1. The van der Waals surface area contributed by atoms with Crippen molar-refractivity contribution in [2.75, 3.05) is 11.9 Å². The summed E-state index contributed by atoms with van der Waals surface area (Å²) in [7, 11) is 0. The second-order valence-electron chi connectivity index (χ2n) is 4.22. The summed E-state index contributed by atoms with van der Waals surface area (Å²) in [5, 5.41) is 12.2. The van der Waals surface area contributed by atoms with Gasteiger partial charge in [0.25, 0.3) is 0 Å². The van der Waals surface area contributed by atoms with E-state index in [1.54, 1.807) is 24.3 Å². The van der Waals surface area contributed by atoms with Crippen LogP contribution in [0.15, 0.2) is 48.7 Å². The fraction of sp³-hybridized carbons (Fsp3) is 0.214. The van der Waals surface area contributed by atoms with Crippen molar-refractivity contribution in [3.05, 3.63) is 59.8 Å². The molecule has 0 fully saturated rings. The van der Waals surface area contributed by atoms with E-state index in [0.29, 0.717) is 0 Å². The van der Waals surface area contributed by atoms with Gasteiger partial charge in [0.15, 0.2) is 0 Å². The van der Waals surface area contributed by atoms with E-state index in [9.17, 15) is 18.3 Å². The van der Waals surface area contributed by atoms with Crippen molar-refractivity contribution in [2.45, 2.75) is 12.2 Å². The van der Waals surface area contributed by atoms with Crippen molar-refractivity contribution < 1.29 is 18.3 Å². The van der Waals surface area contributed by atoms with Crippen molar-refractivity contribution >= 4 is 5.82 Å². The molecule has 1 aromatic heterocycles. The minimum absolute atomic E-state index is 0.0720. The van der Waals surface area contributed by atoms with E-state index < -0.39 is 17.8 Å². The molecule has 3 nitrogen and oxygen atoms in total. The first-order chi connectivity index (χ1) is 9.50. The molecule has 6 heteroatoms. The number of halogens is 3. The van der Waals surface area contributed by atoms with Gasteiger partial charge >= 0.3 is 6.18 Å². The molecule has 20 heavy (non-hydrogen) atoms. The number of anilines is 1. The topological polar surface area (TPSA) is 45.1 Å². The van der Waals surface area contributed by atoms with Gasteiger partial charge in [-0.2, -0.15) is 13.2 Å². The maximum absolute atomic E-state index is 12.6. The monoisotopic (exact) mass is 282 g/mol. The lowest BCUT2D eigenvalue weighted by molar-refractivity contribution is -0.137. The van der Waals surface area contributed by atoms with Gasteiger partial charge in [0.05, 0.1) is 18.2 Å². The van der Waals surface area contributed by atoms with Crippen molar-refractivity contribution in [1.82, 2.24) is 4.98 Å². The minimum atomic E-state index is -4.42. The molecule has 0 aliphatic rings. The molecule has 0 saturated heterocycles. The number of aliphatic hydroxyl groups is 1. The zero-order chi connectivity index (χ0) is 14.6. The fourth-order valence-electron chi connectivity index (χ4n) is 1.78. The molecule has 106 valence electrons. The summed E-state index contributed by atoms with van der Waals surface area (Å²) in [4.78, 5) is 3.84. The Morgan fingerprint density at radius 2 is 1.85 bits per heavy atom. The van der Waals surface area contributed by atoms with Crippen LogP contribution in [0, 0.1) is 0 Å². The second kappa shape index (κ2) is 5.92. The smallest absolute Gasteiger partial charge is 0.394 e. The largest absolute Gasteiger partial charge is 0.416 e. The van der Waals surface area contributed by atoms with Crippen molar-refractivity contribution in [1.29, 1.82) is 0 Å². The predicted molar refractivity (Wildman–Crippen MR) is 69.1 cm³/mol. The lowest BCUT2D eigenvalue weighted by atomic mass is 10.1. The highest BCUT2D eigenvalue weighted by molar-refractivity contribution is 5.41. The van der Waals surface area contributed by atoms with E-state index in [0.717, 1.165) is 23.9 Å². The van der Waals surface area contributed by atoms with E-state index in [1.807, 2.05) is 6.07 Å². The highest BCUT2D eigenvalue weighted by Gasteiger charge is 2.30. The summed E-state index contributed by atoms with van der Waals surface area (Å²) in [6, 6.07) is 10.3.